The van der Waals surface area contributed by atoms with Crippen LogP contribution < -0.4 is 10.1 Å². The molecule has 0 aromatic heterocycles. The predicted octanol–water partition coefficient (Wildman–Crippen LogP) is 4.48. The van der Waals surface area contributed by atoms with Gasteiger partial charge in [-0.2, -0.15) is 5.26 Å². The van der Waals surface area contributed by atoms with Gasteiger partial charge in [-0.15, -0.1) is 0 Å². The van der Waals surface area contributed by atoms with Crippen molar-refractivity contribution in [3.05, 3.63) is 63.6 Å². The first-order valence-corrected chi connectivity index (χ1v) is 8.92. The molecule has 0 spiro atoms. The molecule has 6 nitrogen and oxygen atoms in total. The fourth-order valence-electron chi connectivity index (χ4n) is 2.17. The van der Waals surface area contributed by atoms with Crippen molar-refractivity contribution < 1.29 is 19.4 Å². The molecular formula is C20H17BrN2O4. The summed E-state index contributed by atoms with van der Waals surface area (Å²) in [7, 11) is 0. The van der Waals surface area contributed by atoms with E-state index in [1.807, 2.05) is 19.1 Å². The van der Waals surface area contributed by atoms with Crippen LogP contribution in [0.25, 0.3) is 6.08 Å². The van der Waals surface area contributed by atoms with Crippen molar-refractivity contribution in [1.82, 2.24) is 0 Å². The van der Waals surface area contributed by atoms with Gasteiger partial charge in [-0.25, -0.2) is 4.79 Å². The number of carboxylic acid groups (broad SMARTS) is 1. The standard InChI is InChI=1S/C20H17BrN2O4/c1-2-9-27-18-8-5-16(21)11-14(18)10-15(12-22)19(24)23-17-6-3-13(4-7-17)20(25)26/h3-8,10-11H,2,9H2,1H3,(H,23,24)(H,25,26)/b15-10+. The number of benzene rings is 2. The van der Waals surface area contributed by atoms with Crippen molar-refractivity contribution in [2.45, 2.75) is 13.3 Å². The third-order valence-electron chi connectivity index (χ3n) is 3.49. The molecular weight excluding hydrogens is 412 g/mol. The number of nitrogens with one attached hydrogen (secondary N) is 1. The number of nitriles is 1. The number of hydrogen-bond acceptors (Lipinski definition) is 4. The van der Waals surface area contributed by atoms with Crippen molar-refractivity contribution in [3.8, 4) is 11.8 Å². The van der Waals surface area contributed by atoms with E-state index in [2.05, 4.69) is 21.2 Å². The van der Waals surface area contributed by atoms with Gasteiger partial charge in [-0.05, 0) is 55.0 Å². The maximum Gasteiger partial charge on any atom is 0.335 e. The number of nitrogens with zero attached hydrogens (tertiary/aromatic N) is 1. The molecule has 2 aromatic rings. The van der Waals surface area contributed by atoms with E-state index in [1.165, 1.54) is 30.3 Å². The van der Waals surface area contributed by atoms with Gasteiger partial charge in [0.2, 0.25) is 0 Å². The highest BCUT2D eigenvalue weighted by atomic mass is 79.9. The molecule has 27 heavy (non-hydrogen) atoms. The first-order valence-electron chi connectivity index (χ1n) is 8.13. The van der Waals surface area contributed by atoms with Crippen LogP contribution in [-0.4, -0.2) is 23.6 Å². The minimum Gasteiger partial charge on any atom is -0.493 e. The van der Waals surface area contributed by atoms with Gasteiger partial charge < -0.3 is 15.2 Å². The molecule has 2 aromatic carbocycles. The van der Waals surface area contributed by atoms with Gasteiger partial charge in [0.1, 0.15) is 17.4 Å². The molecule has 0 fully saturated rings. The van der Waals surface area contributed by atoms with Crippen LogP contribution >= 0.6 is 15.9 Å². The van der Waals surface area contributed by atoms with Gasteiger partial charge in [-0.3, -0.25) is 4.79 Å². The highest BCUT2D eigenvalue weighted by Gasteiger charge is 2.12. The lowest BCUT2D eigenvalue weighted by atomic mass is 10.1. The largest absolute Gasteiger partial charge is 0.493 e. The lowest BCUT2D eigenvalue weighted by Gasteiger charge is -2.10. The fourth-order valence-corrected chi connectivity index (χ4v) is 2.55. The quantitative estimate of drug-likeness (QED) is 0.500. The molecule has 0 aliphatic carbocycles. The molecule has 1 amide bonds. The molecule has 0 saturated carbocycles. The smallest absolute Gasteiger partial charge is 0.335 e. The highest BCUT2D eigenvalue weighted by molar-refractivity contribution is 9.10. The van der Waals surface area contributed by atoms with E-state index in [9.17, 15) is 14.9 Å². The minimum absolute atomic E-state index is 0.100. The maximum atomic E-state index is 12.4. The number of rotatable bonds is 7. The van der Waals surface area contributed by atoms with Gasteiger partial charge in [-0.1, -0.05) is 22.9 Å². The van der Waals surface area contributed by atoms with Crippen LogP contribution in [0.4, 0.5) is 5.69 Å². The number of hydrogen-bond donors (Lipinski definition) is 2. The third-order valence-corrected chi connectivity index (χ3v) is 3.98. The van der Waals surface area contributed by atoms with Crippen LogP contribution in [0, 0.1) is 11.3 Å². The lowest BCUT2D eigenvalue weighted by Crippen LogP contribution is -2.13. The monoisotopic (exact) mass is 428 g/mol. The molecule has 0 aliphatic rings. The Bertz CT molecular complexity index is 915. The topological polar surface area (TPSA) is 99.4 Å². The van der Waals surface area contributed by atoms with Gasteiger partial charge in [0.25, 0.3) is 5.91 Å². The second-order valence-corrected chi connectivity index (χ2v) is 6.45. The number of amides is 1. The van der Waals surface area contributed by atoms with Crippen LogP contribution in [0.3, 0.4) is 0 Å². The summed E-state index contributed by atoms with van der Waals surface area (Å²) in [5.74, 6) is -1.08. The molecule has 0 bridgehead atoms. The summed E-state index contributed by atoms with van der Waals surface area (Å²) in [6.45, 7) is 2.50. The van der Waals surface area contributed by atoms with E-state index in [4.69, 9.17) is 9.84 Å². The fraction of sp³-hybridized carbons (Fsp3) is 0.150. The Morgan fingerprint density at radius 1 is 1.26 bits per heavy atom. The van der Waals surface area contributed by atoms with Gasteiger partial charge in [0, 0.05) is 15.7 Å². The van der Waals surface area contributed by atoms with E-state index in [1.54, 1.807) is 12.1 Å². The van der Waals surface area contributed by atoms with Crippen molar-refractivity contribution in [2.24, 2.45) is 0 Å². The van der Waals surface area contributed by atoms with E-state index >= 15 is 0 Å². The second-order valence-electron chi connectivity index (χ2n) is 5.54. The van der Waals surface area contributed by atoms with E-state index in [0.717, 1.165) is 10.9 Å². The third kappa shape index (κ3) is 5.69. The number of carbonyl (C=O) groups is 2. The molecule has 2 N–H and O–H groups in total. The number of carbonyl (C=O) groups excluding carboxylic acids is 1. The molecule has 138 valence electrons. The average molecular weight is 429 g/mol. The zero-order chi connectivity index (χ0) is 19.8. The van der Waals surface area contributed by atoms with Crippen molar-refractivity contribution >= 4 is 39.6 Å². The number of halogens is 1. The van der Waals surface area contributed by atoms with Crippen molar-refractivity contribution in [1.29, 1.82) is 5.26 Å². The number of anilines is 1. The summed E-state index contributed by atoms with van der Waals surface area (Å²) in [4.78, 5) is 23.3. The maximum absolute atomic E-state index is 12.4. The Balaban J connectivity index is 2.25. The Morgan fingerprint density at radius 2 is 1.96 bits per heavy atom. The molecule has 7 heteroatoms. The number of carboxylic acids is 1. The van der Waals surface area contributed by atoms with Crippen LogP contribution in [-0.2, 0) is 4.79 Å². The molecule has 0 radical (unpaired) electrons. The van der Waals surface area contributed by atoms with Gasteiger partial charge >= 0.3 is 5.97 Å². The Morgan fingerprint density at radius 3 is 2.56 bits per heavy atom. The zero-order valence-electron chi connectivity index (χ0n) is 14.5. The normalized spacial score (nSPS) is 10.8. The number of ether oxygens (including phenoxy) is 1. The van der Waals surface area contributed by atoms with Crippen LogP contribution in [0.1, 0.15) is 29.3 Å². The highest BCUT2D eigenvalue weighted by Crippen LogP contribution is 2.26. The summed E-state index contributed by atoms with van der Waals surface area (Å²) in [5, 5.41) is 20.9. The molecule has 0 atom stereocenters. The molecule has 0 heterocycles. The Labute approximate surface area is 165 Å². The number of aromatic carboxylic acids is 1. The van der Waals surface area contributed by atoms with E-state index < -0.39 is 11.9 Å². The predicted molar refractivity (Wildman–Crippen MR) is 106 cm³/mol. The molecule has 0 unspecified atom stereocenters. The molecule has 2 rings (SSSR count). The second kappa shape index (κ2) is 9.55. The Hall–Kier alpha value is -3.11. The summed E-state index contributed by atoms with van der Waals surface area (Å²) in [6, 6.07) is 12.9. The minimum atomic E-state index is -1.06. The van der Waals surface area contributed by atoms with Crippen LogP contribution in [0.15, 0.2) is 52.5 Å². The zero-order valence-corrected chi connectivity index (χ0v) is 16.1. The summed E-state index contributed by atoms with van der Waals surface area (Å²) in [6.07, 6.45) is 2.29. The molecule has 0 saturated heterocycles. The van der Waals surface area contributed by atoms with Crippen LogP contribution in [0.5, 0.6) is 5.75 Å². The first kappa shape index (κ1) is 20.2. The average Bonchev–Trinajstić information content (AvgIpc) is 2.65. The van der Waals surface area contributed by atoms with Crippen molar-refractivity contribution in [2.75, 3.05) is 11.9 Å². The molecule has 0 aliphatic heterocycles. The van der Waals surface area contributed by atoms with Gasteiger partial charge in [0.05, 0.1) is 12.2 Å². The Kier molecular flexibility index (Phi) is 7.15. The van der Waals surface area contributed by atoms with E-state index in [-0.39, 0.29) is 11.1 Å². The van der Waals surface area contributed by atoms with Crippen molar-refractivity contribution in [3.63, 3.8) is 0 Å². The van der Waals surface area contributed by atoms with Gasteiger partial charge in [0.15, 0.2) is 0 Å². The summed E-state index contributed by atoms with van der Waals surface area (Å²) < 4.78 is 6.45. The SMILES string of the molecule is CCCOc1ccc(Br)cc1/C=C(\C#N)C(=O)Nc1ccc(C(=O)O)cc1. The van der Waals surface area contributed by atoms with E-state index in [0.29, 0.717) is 23.6 Å². The lowest BCUT2D eigenvalue weighted by molar-refractivity contribution is -0.112. The first-order chi connectivity index (χ1) is 12.9. The summed E-state index contributed by atoms with van der Waals surface area (Å²) >= 11 is 3.37. The van der Waals surface area contributed by atoms with Crippen LogP contribution in [0.2, 0.25) is 0 Å². The summed E-state index contributed by atoms with van der Waals surface area (Å²) in [5.41, 5.74) is 1.00.